The Morgan fingerprint density at radius 3 is 2.79 bits per heavy atom. The molecule has 0 bridgehead atoms. The smallest absolute Gasteiger partial charge is 0.258 e. The molecular formula is C14H21NO4. The summed E-state index contributed by atoms with van der Waals surface area (Å²) in [6.07, 6.45) is 0.863. The number of methoxy groups -OCH3 is 1. The molecule has 0 aliphatic heterocycles. The summed E-state index contributed by atoms with van der Waals surface area (Å²) in [5, 5.41) is 12.1. The number of hydrogen-bond donors (Lipinski definition) is 2. The van der Waals surface area contributed by atoms with E-state index in [9.17, 15) is 9.90 Å². The number of nitrogens with one attached hydrogen (secondary N) is 1. The summed E-state index contributed by atoms with van der Waals surface area (Å²) in [4.78, 5) is 11.6. The predicted molar refractivity (Wildman–Crippen MR) is 72.3 cm³/mol. The Kier molecular flexibility index (Phi) is 6.15. The Balaban J connectivity index is 2.68. The highest BCUT2D eigenvalue weighted by Gasteiger charge is 2.12. The molecule has 0 aliphatic carbocycles. The standard InChI is InChI=1S/C14H21NO4/c1-4-10(2)15-13(17)9-19-14-11(8-16)6-5-7-12(14)18-3/h5-7,10,16H,4,8-9H2,1-3H3,(H,15,17). The summed E-state index contributed by atoms with van der Waals surface area (Å²) in [6, 6.07) is 5.33. The predicted octanol–water partition coefficient (Wildman–Crippen LogP) is 1.48. The molecule has 5 heteroatoms. The van der Waals surface area contributed by atoms with E-state index in [0.717, 1.165) is 6.42 Å². The van der Waals surface area contributed by atoms with E-state index >= 15 is 0 Å². The Bertz CT molecular complexity index is 398. The van der Waals surface area contributed by atoms with Crippen molar-refractivity contribution >= 4 is 5.91 Å². The van der Waals surface area contributed by atoms with Gasteiger partial charge in [0.15, 0.2) is 18.1 Å². The maximum absolute atomic E-state index is 11.6. The fraction of sp³-hybridized carbons (Fsp3) is 0.500. The maximum Gasteiger partial charge on any atom is 0.258 e. The largest absolute Gasteiger partial charge is 0.493 e. The minimum atomic E-state index is -0.191. The molecule has 106 valence electrons. The van der Waals surface area contributed by atoms with E-state index in [1.54, 1.807) is 18.2 Å². The van der Waals surface area contributed by atoms with Gasteiger partial charge >= 0.3 is 0 Å². The Morgan fingerprint density at radius 2 is 2.21 bits per heavy atom. The maximum atomic E-state index is 11.6. The van der Waals surface area contributed by atoms with Crippen LogP contribution in [0.1, 0.15) is 25.8 Å². The van der Waals surface area contributed by atoms with Gasteiger partial charge in [0.05, 0.1) is 13.7 Å². The van der Waals surface area contributed by atoms with E-state index in [0.29, 0.717) is 17.1 Å². The van der Waals surface area contributed by atoms with Gasteiger partial charge in [-0.2, -0.15) is 0 Å². The highest BCUT2D eigenvalue weighted by atomic mass is 16.5. The molecule has 1 unspecified atom stereocenters. The van der Waals surface area contributed by atoms with Crippen LogP contribution in [-0.4, -0.2) is 30.8 Å². The molecule has 0 aliphatic rings. The van der Waals surface area contributed by atoms with Gasteiger partial charge in [0.2, 0.25) is 0 Å². The van der Waals surface area contributed by atoms with Gasteiger partial charge in [0.25, 0.3) is 5.91 Å². The van der Waals surface area contributed by atoms with Crippen LogP contribution in [0.15, 0.2) is 18.2 Å². The van der Waals surface area contributed by atoms with Crippen LogP contribution in [0.5, 0.6) is 11.5 Å². The van der Waals surface area contributed by atoms with Crippen LogP contribution in [0.4, 0.5) is 0 Å². The van der Waals surface area contributed by atoms with Crippen molar-refractivity contribution in [1.29, 1.82) is 0 Å². The average molecular weight is 267 g/mol. The molecule has 0 saturated heterocycles. The van der Waals surface area contributed by atoms with Crippen LogP contribution in [0.2, 0.25) is 0 Å². The number of aliphatic hydroxyl groups excluding tert-OH is 1. The van der Waals surface area contributed by atoms with Crippen molar-refractivity contribution in [3.8, 4) is 11.5 Å². The molecule has 0 aromatic heterocycles. The lowest BCUT2D eigenvalue weighted by atomic mass is 10.2. The monoisotopic (exact) mass is 267 g/mol. The molecule has 2 N–H and O–H groups in total. The topological polar surface area (TPSA) is 67.8 Å². The van der Waals surface area contributed by atoms with E-state index < -0.39 is 0 Å². The number of hydrogen-bond acceptors (Lipinski definition) is 4. The SMILES string of the molecule is CCC(C)NC(=O)COc1c(CO)cccc1OC. The van der Waals surface area contributed by atoms with Crippen LogP contribution < -0.4 is 14.8 Å². The summed E-state index contributed by atoms with van der Waals surface area (Å²) in [5.41, 5.74) is 0.593. The second-order valence-corrected chi connectivity index (χ2v) is 4.27. The number of rotatable bonds is 7. The molecular weight excluding hydrogens is 246 g/mol. The van der Waals surface area contributed by atoms with Crippen LogP contribution >= 0.6 is 0 Å². The van der Waals surface area contributed by atoms with Crippen LogP contribution in [0.25, 0.3) is 0 Å². The van der Waals surface area contributed by atoms with Crippen molar-refractivity contribution < 1.29 is 19.4 Å². The van der Waals surface area contributed by atoms with Crippen LogP contribution in [0, 0.1) is 0 Å². The zero-order valence-electron chi connectivity index (χ0n) is 11.6. The van der Waals surface area contributed by atoms with Gasteiger partial charge in [-0.3, -0.25) is 4.79 Å². The summed E-state index contributed by atoms with van der Waals surface area (Å²) >= 11 is 0. The third-order valence-electron chi connectivity index (χ3n) is 2.82. The minimum Gasteiger partial charge on any atom is -0.493 e. The van der Waals surface area contributed by atoms with Gasteiger partial charge in [-0.05, 0) is 19.4 Å². The molecule has 0 saturated carbocycles. The van der Waals surface area contributed by atoms with Gasteiger partial charge in [0, 0.05) is 11.6 Å². The van der Waals surface area contributed by atoms with E-state index in [-0.39, 0.29) is 25.2 Å². The zero-order chi connectivity index (χ0) is 14.3. The van der Waals surface area contributed by atoms with E-state index in [1.807, 2.05) is 13.8 Å². The fourth-order valence-corrected chi connectivity index (χ4v) is 1.57. The van der Waals surface area contributed by atoms with Crippen molar-refractivity contribution in [1.82, 2.24) is 5.32 Å². The molecule has 0 heterocycles. The molecule has 1 aromatic rings. The van der Waals surface area contributed by atoms with E-state index in [4.69, 9.17) is 9.47 Å². The second-order valence-electron chi connectivity index (χ2n) is 4.27. The van der Waals surface area contributed by atoms with Crippen LogP contribution in [-0.2, 0) is 11.4 Å². The minimum absolute atomic E-state index is 0.0995. The summed E-state index contributed by atoms with van der Waals surface area (Å²) < 4.78 is 10.6. The molecule has 0 radical (unpaired) electrons. The first-order valence-electron chi connectivity index (χ1n) is 6.31. The van der Waals surface area contributed by atoms with Gasteiger partial charge in [-0.25, -0.2) is 0 Å². The molecule has 0 fully saturated rings. The lowest BCUT2D eigenvalue weighted by Gasteiger charge is -2.15. The fourth-order valence-electron chi connectivity index (χ4n) is 1.57. The van der Waals surface area contributed by atoms with Crippen molar-refractivity contribution in [2.24, 2.45) is 0 Å². The molecule has 5 nitrogen and oxygen atoms in total. The van der Waals surface area contributed by atoms with Gasteiger partial charge in [-0.1, -0.05) is 19.1 Å². The first kappa shape index (κ1) is 15.3. The summed E-state index contributed by atoms with van der Waals surface area (Å²) in [6.45, 7) is 3.66. The quantitative estimate of drug-likeness (QED) is 0.785. The van der Waals surface area contributed by atoms with Gasteiger partial charge in [-0.15, -0.1) is 0 Å². The average Bonchev–Trinajstić information content (AvgIpc) is 2.44. The van der Waals surface area contributed by atoms with Gasteiger partial charge in [0.1, 0.15) is 0 Å². The zero-order valence-corrected chi connectivity index (χ0v) is 11.6. The third-order valence-corrected chi connectivity index (χ3v) is 2.82. The Hall–Kier alpha value is -1.75. The third kappa shape index (κ3) is 4.44. The first-order valence-corrected chi connectivity index (χ1v) is 6.31. The lowest BCUT2D eigenvalue weighted by molar-refractivity contribution is -0.123. The van der Waals surface area contributed by atoms with Crippen molar-refractivity contribution in [3.05, 3.63) is 23.8 Å². The molecule has 1 aromatic carbocycles. The molecule has 19 heavy (non-hydrogen) atoms. The first-order chi connectivity index (χ1) is 9.12. The number of benzene rings is 1. The number of ether oxygens (including phenoxy) is 2. The number of para-hydroxylation sites is 1. The number of aliphatic hydroxyl groups is 1. The number of amides is 1. The van der Waals surface area contributed by atoms with Crippen molar-refractivity contribution in [2.75, 3.05) is 13.7 Å². The number of carbonyl (C=O) groups is 1. The molecule has 1 atom stereocenters. The van der Waals surface area contributed by atoms with Crippen molar-refractivity contribution in [3.63, 3.8) is 0 Å². The van der Waals surface area contributed by atoms with Crippen LogP contribution in [0.3, 0.4) is 0 Å². The number of carbonyl (C=O) groups excluding carboxylic acids is 1. The van der Waals surface area contributed by atoms with E-state index in [1.165, 1.54) is 7.11 Å². The molecule has 1 amide bonds. The summed E-state index contributed by atoms with van der Waals surface area (Å²) in [7, 11) is 1.52. The van der Waals surface area contributed by atoms with Crippen molar-refractivity contribution in [2.45, 2.75) is 32.9 Å². The van der Waals surface area contributed by atoms with E-state index in [2.05, 4.69) is 5.32 Å². The Morgan fingerprint density at radius 1 is 1.47 bits per heavy atom. The molecule has 0 spiro atoms. The highest BCUT2D eigenvalue weighted by molar-refractivity contribution is 5.77. The molecule has 1 rings (SSSR count). The second kappa shape index (κ2) is 7.63. The van der Waals surface area contributed by atoms with Gasteiger partial charge < -0.3 is 19.9 Å². The summed E-state index contributed by atoms with van der Waals surface area (Å²) in [5.74, 6) is 0.721. The Labute approximate surface area is 113 Å². The normalized spacial score (nSPS) is 11.8. The highest BCUT2D eigenvalue weighted by Crippen LogP contribution is 2.30. The lowest BCUT2D eigenvalue weighted by Crippen LogP contribution is -2.35.